The Balaban J connectivity index is 3.02. The molecule has 0 aliphatic rings. The summed E-state index contributed by atoms with van der Waals surface area (Å²) < 4.78 is 10.3. The summed E-state index contributed by atoms with van der Waals surface area (Å²) in [5.41, 5.74) is 0.714. The number of rotatable bonds is 3. The maximum Gasteiger partial charge on any atom is 0.134 e. The minimum atomic E-state index is -0.633. The highest BCUT2D eigenvalue weighted by atomic mass is 16.5. The minimum absolute atomic E-state index is 0.110. The summed E-state index contributed by atoms with van der Waals surface area (Å²) >= 11 is 0. The van der Waals surface area contributed by atoms with Gasteiger partial charge in [-0.25, -0.2) is 0 Å². The molecule has 0 aliphatic carbocycles. The highest BCUT2D eigenvalue weighted by molar-refractivity contribution is 5.50. The quantitative estimate of drug-likeness (QED) is 0.814. The van der Waals surface area contributed by atoms with Crippen molar-refractivity contribution in [3.63, 3.8) is 0 Å². The van der Waals surface area contributed by atoms with Crippen LogP contribution in [0.5, 0.6) is 11.5 Å². The lowest BCUT2D eigenvalue weighted by Gasteiger charge is -2.07. The van der Waals surface area contributed by atoms with Gasteiger partial charge >= 0.3 is 0 Å². The molecule has 1 unspecified atom stereocenters. The van der Waals surface area contributed by atoms with E-state index in [-0.39, 0.29) is 5.92 Å². The van der Waals surface area contributed by atoms with Crippen molar-refractivity contribution in [2.75, 3.05) is 14.2 Å². The summed E-state index contributed by atoms with van der Waals surface area (Å²) in [6.45, 7) is 3.84. The summed E-state index contributed by atoms with van der Waals surface area (Å²) in [6.07, 6.45) is -0.633. The number of methoxy groups -OCH3 is 2. The van der Waals surface area contributed by atoms with Crippen molar-refractivity contribution in [3.05, 3.63) is 23.8 Å². The van der Waals surface area contributed by atoms with Crippen LogP contribution >= 0.6 is 0 Å². The number of ether oxygens (including phenoxy) is 2. The van der Waals surface area contributed by atoms with Crippen molar-refractivity contribution < 1.29 is 14.6 Å². The van der Waals surface area contributed by atoms with Crippen molar-refractivity contribution in [3.8, 4) is 23.3 Å². The largest absolute Gasteiger partial charge is 0.497 e. The fourth-order valence-electron chi connectivity index (χ4n) is 1.23. The average Bonchev–Trinajstić information content (AvgIpc) is 2.35. The van der Waals surface area contributed by atoms with Crippen LogP contribution in [0.2, 0.25) is 0 Å². The molecular formula is C14H18O3. The monoisotopic (exact) mass is 234 g/mol. The average molecular weight is 234 g/mol. The lowest BCUT2D eigenvalue weighted by Crippen LogP contribution is -2.11. The Morgan fingerprint density at radius 1 is 1.18 bits per heavy atom. The van der Waals surface area contributed by atoms with E-state index in [2.05, 4.69) is 11.8 Å². The molecule has 0 fully saturated rings. The van der Waals surface area contributed by atoms with Crippen molar-refractivity contribution >= 4 is 0 Å². The maximum atomic E-state index is 9.63. The second-order valence-electron chi connectivity index (χ2n) is 4.02. The summed E-state index contributed by atoms with van der Waals surface area (Å²) in [5.74, 6) is 7.21. The Kier molecular flexibility index (Phi) is 4.86. The van der Waals surface area contributed by atoms with Crippen molar-refractivity contribution in [2.45, 2.75) is 20.0 Å². The van der Waals surface area contributed by atoms with Crippen LogP contribution in [-0.2, 0) is 0 Å². The van der Waals surface area contributed by atoms with Gasteiger partial charge in [-0.1, -0.05) is 25.7 Å². The Labute approximate surface area is 102 Å². The molecule has 0 saturated heterocycles. The number of hydrogen-bond acceptors (Lipinski definition) is 3. The summed E-state index contributed by atoms with van der Waals surface area (Å²) in [7, 11) is 3.19. The predicted molar refractivity (Wildman–Crippen MR) is 67.3 cm³/mol. The Bertz CT molecular complexity index is 427. The molecule has 17 heavy (non-hydrogen) atoms. The fourth-order valence-corrected chi connectivity index (χ4v) is 1.23. The van der Waals surface area contributed by atoms with E-state index < -0.39 is 6.10 Å². The van der Waals surface area contributed by atoms with Crippen LogP contribution in [0.15, 0.2) is 18.2 Å². The van der Waals surface area contributed by atoms with E-state index >= 15 is 0 Å². The van der Waals surface area contributed by atoms with Gasteiger partial charge in [-0.05, 0) is 24.1 Å². The molecular weight excluding hydrogens is 216 g/mol. The predicted octanol–water partition coefficient (Wildman–Crippen LogP) is 2.07. The number of hydrogen-bond donors (Lipinski definition) is 1. The SMILES string of the molecule is COc1ccc(OC)c(C#CC(O)C(C)C)c1. The van der Waals surface area contributed by atoms with Gasteiger partial charge in [0.25, 0.3) is 0 Å². The molecule has 1 aromatic rings. The molecule has 0 aliphatic heterocycles. The molecule has 0 aromatic heterocycles. The van der Waals surface area contributed by atoms with Gasteiger partial charge in [-0.2, -0.15) is 0 Å². The first-order valence-corrected chi connectivity index (χ1v) is 5.50. The summed E-state index contributed by atoms with van der Waals surface area (Å²) in [4.78, 5) is 0. The zero-order chi connectivity index (χ0) is 12.8. The molecule has 0 spiro atoms. The smallest absolute Gasteiger partial charge is 0.134 e. The van der Waals surface area contributed by atoms with Crippen molar-refractivity contribution in [2.24, 2.45) is 5.92 Å². The Hall–Kier alpha value is -1.66. The molecule has 0 saturated carbocycles. The third-order valence-electron chi connectivity index (χ3n) is 2.39. The van der Waals surface area contributed by atoms with Crippen LogP contribution in [0, 0.1) is 17.8 Å². The van der Waals surface area contributed by atoms with E-state index in [0.29, 0.717) is 17.1 Å². The lowest BCUT2D eigenvalue weighted by atomic mass is 10.1. The van der Waals surface area contributed by atoms with Gasteiger partial charge < -0.3 is 14.6 Å². The molecule has 0 bridgehead atoms. The zero-order valence-corrected chi connectivity index (χ0v) is 10.7. The minimum Gasteiger partial charge on any atom is -0.497 e. The van der Waals surface area contributed by atoms with E-state index in [1.807, 2.05) is 19.9 Å². The fraction of sp³-hybridized carbons (Fsp3) is 0.429. The number of benzene rings is 1. The van der Waals surface area contributed by atoms with E-state index in [1.54, 1.807) is 26.4 Å². The van der Waals surface area contributed by atoms with Crippen LogP contribution in [0.4, 0.5) is 0 Å². The van der Waals surface area contributed by atoms with Gasteiger partial charge in [-0.3, -0.25) is 0 Å². The van der Waals surface area contributed by atoms with Crippen molar-refractivity contribution in [1.29, 1.82) is 0 Å². The highest BCUT2D eigenvalue weighted by Gasteiger charge is 2.05. The second kappa shape index (κ2) is 6.17. The first kappa shape index (κ1) is 13.4. The topological polar surface area (TPSA) is 38.7 Å². The third kappa shape index (κ3) is 3.69. The summed E-state index contributed by atoms with van der Waals surface area (Å²) in [5, 5.41) is 9.63. The molecule has 3 nitrogen and oxygen atoms in total. The molecule has 3 heteroatoms. The zero-order valence-electron chi connectivity index (χ0n) is 10.7. The second-order valence-corrected chi connectivity index (χ2v) is 4.02. The van der Waals surface area contributed by atoms with Gasteiger partial charge in [0.2, 0.25) is 0 Å². The van der Waals surface area contributed by atoms with Crippen LogP contribution < -0.4 is 9.47 Å². The molecule has 1 N–H and O–H groups in total. The van der Waals surface area contributed by atoms with Crippen LogP contribution in [-0.4, -0.2) is 25.4 Å². The Morgan fingerprint density at radius 3 is 2.41 bits per heavy atom. The number of aliphatic hydroxyl groups excluding tert-OH is 1. The molecule has 92 valence electrons. The Morgan fingerprint density at radius 2 is 1.88 bits per heavy atom. The third-order valence-corrected chi connectivity index (χ3v) is 2.39. The van der Waals surface area contributed by atoms with Crippen LogP contribution in [0.3, 0.4) is 0 Å². The summed E-state index contributed by atoms with van der Waals surface area (Å²) in [6, 6.07) is 5.40. The van der Waals surface area contributed by atoms with Crippen LogP contribution in [0.25, 0.3) is 0 Å². The van der Waals surface area contributed by atoms with Gasteiger partial charge in [0.15, 0.2) is 0 Å². The van der Waals surface area contributed by atoms with E-state index in [4.69, 9.17) is 9.47 Å². The van der Waals surface area contributed by atoms with Crippen LogP contribution in [0.1, 0.15) is 19.4 Å². The molecule has 1 atom stereocenters. The molecule has 1 aromatic carbocycles. The molecule has 0 amide bonds. The molecule has 0 heterocycles. The van der Waals surface area contributed by atoms with Gasteiger partial charge in [-0.15, -0.1) is 0 Å². The highest BCUT2D eigenvalue weighted by Crippen LogP contribution is 2.22. The van der Waals surface area contributed by atoms with Gasteiger partial charge in [0.05, 0.1) is 19.8 Å². The van der Waals surface area contributed by atoms with Gasteiger partial charge in [0.1, 0.15) is 17.6 Å². The molecule has 0 radical (unpaired) electrons. The van der Waals surface area contributed by atoms with E-state index in [9.17, 15) is 5.11 Å². The van der Waals surface area contributed by atoms with Gasteiger partial charge in [0, 0.05) is 0 Å². The molecule has 1 rings (SSSR count). The normalized spacial score (nSPS) is 11.6. The standard InChI is InChI=1S/C14H18O3/c1-10(2)13(15)7-5-11-9-12(16-3)6-8-14(11)17-4/h6,8-10,13,15H,1-4H3. The van der Waals surface area contributed by atoms with E-state index in [0.717, 1.165) is 0 Å². The number of aliphatic hydroxyl groups is 1. The lowest BCUT2D eigenvalue weighted by molar-refractivity contribution is 0.181. The first-order chi connectivity index (χ1) is 8.08. The van der Waals surface area contributed by atoms with Crippen molar-refractivity contribution in [1.82, 2.24) is 0 Å². The maximum absolute atomic E-state index is 9.63. The van der Waals surface area contributed by atoms with E-state index in [1.165, 1.54) is 0 Å². The first-order valence-electron chi connectivity index (χ1n) is 5.50.